The van der Waals surface area contributed by atoms with Crippen molar-refractivity contribution in [3.63, 3.8) is 0 Å². The second kappa shape index (κ2) is 7.22. The van der Waals surface area contributed by atoms with Crippen LogP contribution in [0.1, 0.15) is 59.3 Å². The zero-order valence-corrected chi connectivity index (χ0v) is 13.4. The molecule has 1 aliphatic rings. The lowest BCUT2D eigenvalue weighted by molar-refractivity contribution is -0.136. The maximum atomic E-state index is 12.5. The van der Waals surface area contributed by atoms with Crippen molar-refractivity contribution >= 4 is 23.1 Å². The van der Waals surface area contributed by atoms with E-state index in [-0.39, 0.29) is 11.8 Å². The van der Waals surface area contributed by atoms with E-state index in [1.54, 1.807) is 0 Å². The summed E-state index contributed by atoms with van der Waals surface area (Å²) >= 11 is 5.05. The highest BCUT2D eigenvalue weighted by Crippen LogP contribution is 2.38. The van der Waals surface area contributed by atoms with Crippen molar-refractivity contribution in [1.82, 2.24) is 4.90 Å². The molecule has 110 valence electrons. The van der Waals surface area contributed by atoms with E-state index in [1.165, 1.54) is 12.8 Å². The summed E-state index contributed by atoms with van der Waals surface area (Å²) in [4.78, 5) is 14.8. The van der Waals surface area contributed by atoms with Crippen molar-refractivity contribution in [2.24, 2.45) is 17.1 Å². The maximum Gasteiger partial charge on any atom is 0.232 e. The van der Waals surface area contributed by atoms with Gasteiger partial charge in [-0.05, 0) is 24.7 Å². The first-order valence-electron chi connectivity index (χ1n) is 7.57. The molecule has 1 heterocycles. The largest absolute Gasteiger partial charge is 0.393 e. The van der Waals surface area contributed by atoms with Gasteiger partial charge in [-0.3, -0.25) is 4.79 Å². The average molecular weight is 284 g/mol. The fourth-order valence-electron chi connectivity index (χ4n) is 3.06. The lowest BCUT2D eigenvalue weighted by Gasteiger charge is -2.41. The number of hydrogen-bond acceptors (Lipinski definition) is 2. The standard InChI is InChI=1S/C15H28N2OS/c1-4-7-12(13(16)19)14(18)17-10-8-15(5-2,6-3)9-11-17/h12H,4-11H2,1-3H3,(H2,16,19). The molecule has 0 aromatic heterocycles. The second-order valence-electron chi connectivity index (χ2n) is 5.78. The number of likely N-dealkylation sites (tertiary alicyclic amines) is 1. The maximum absolute atomic E-state index is 12.5. The van der Waals surface area contributed by atoms with E-state index in [0.717, 1.165) is 38.8 Å². The van der Waals surface area contributed by atoms with Gasteiger partial charge in [0, 0.05) is 13.1 Å². The van der Waals surface area contributed by atoms with Crippen LogP contribution in [0.5, 0.6) is 0 Å². The molecule has 2 N–H and O–H groups in total. The van der Waals surface area contributed by atoms with Crippen molar-refractivity contribution in [2.75, 3.05) is 13.1 Å². The molecule has 3 nitrogen and oxygen atoms in total. The molecule has 1 unspecified atom stereocenters. The Bertz CT molecular complexity index is 316. The van der Waals surface area contributed by atoms with E-state index < -0.39 is 0 Å². The van der Waals surface area contributed by atoms with Crippen LogP contribution in [0.2, 0.25) is 0 Å². The minimum Gasteiger partial charge on any atom is -0.393 e. The molecule has 1 atom stereocenters. The molecule has 0 spiro atoms. The van der Waals surface area contributed by atoms with E-state index in [0.29, 0.717) is 10.4 Å². The molecule has 19 heavy (non-hydrogen) atoms. The lowest BCUT2D eigenvalue weighted by atomic mass is 9.74. The average Bonchev–Trinajstić information content (AvgIpc) is 2.44. The van der Waals surface area contributed by atoms with Crippen LogP contribution in [0.3, 0.4) is 0 Å². The zero-order valence-electron chi connectivity index (χ0n) is 12.6. The van der Waals surface area contributed by atoms with Gasteiger partial charge < -0.3 is 10.6 Å². The summed E-state index contributed by atoms with van der Waals surface area (Å²) in [6.45, 7) is 8.31. The quantitative estimate of drug-likeness (QED) is 0.762. The Morgan fingerprint density at radius 2 is 1.79 bits per heavy atom. The minimum absolute atomic E-state index is 0.148. The third-order valence-electron chi connectivity index (χ3n) is 4.85. The van der Waals surface area contributed by atoms with E-state index >= 15 is 0 Å². The van der Waals surface area contributed by atoms with Gasteiger partial charge in [0.05, 0.1) is 10.9 Å². The summed E-state index contributed by atoms with van der Waals surface area (Å²) < 4.78 is 0. The van der Waals surface area contributed by atoms with Crippen LogP contribution in [-0.4, -0.2) is 28.9 Å². The minimum atomic E-state index is -0.254. The highest BCUT2D eigenvalue weighted by Gasteiger charge is 2.35. The van der Waals surface area contributed by atoms with Crippen molar-refractivity contribution in [1.29, 1.82) is 0 Å². The van der Waals surface area contributed by atoms with Gasteiger partial charge in [-0.1, -0.05) is 52.3 Å². The van der Waals surface area contributed by atoms with Crippen LogP contribution < -0.4 is 5.73 Å². The van der Waals surface area contributed by atoms with Crippen LogP contribution in [-0.2, 0) is 4.79 Å². The Labute approximate surface area is 122 Å². The van der Waals surface area contributed by atoms with Crippen LogP contribution in [0.4, 0.5) is 0 Å². The molecule has 0 aromatic rings. The van der Waals surface area contributed by atoms with Crippen molar-refractivity contribution in [3.8, 4) is 0 Å². The van der Waals surface area contributed by atoms with E-state index in [9.17, 15) is 4.79 Å². The van der Waals surface area contributed by atoms with Gasteiger partial charge in [0.1, 0.15) is 0 Å². The fraction of sp³-hybridized carbons (Fsp3) is 0.867. The number of hydrogen-bond donors (Lipinski definition) is 1. The second-order valence-corrected chi connectivity index (χ2v) is 6.25. The number of thiocarbonyl (C=S) groups is 1. The Kier molecular flexibility index (Phi) is 6.24. The van der Waals surface area contributed by atoms with Gasteiger partial charge in [-0.25, -0.2) is 0 Å². The molecule has 1 saturated heterocycles. The van der Waals surface area contributed by atoms with Gasteiger partial charge in [0.15, 0.2) is 0 Å². The predicted molar refractivity (Wildman–Crippen MR) is 84.0 cm³/mol. The van der Waals surface area contributed by atoms with Gasteiger partial charge in [0.25, 0.3) is 0 Å². The van der Waals surface area contributed by atoms with E-state index in [1.807, 2.05) is 4.90 Å². The summed E-state index contributed by atoms with van der Waals surface area (Å²) in [5, 5.41) is 0. The van der Waals surface area contributed by atoms with Gasteiger partial charge in [0.2, 0.25) is 5.91 Å². The SMILES string of the molecule is CCCC(C(=O)N1CCC(CC)(CC)CC1)C(N)=S. The number of amides is 1. The van der Waals surface area contributed by atoms with Crippen molar-refractivity contribution < 1.29 is 4.79 Å². The van der Waals surface area contributed by atoms with Gasteiger partial charge in [-0.15, -0.1) is 0 Å². The van der Waals surface area contributed by atoms with Gasteiger partial charge >= 0.3 is 0 Å². The number of carbonyl (C=O) groups is 1. The number of rotatable bonds is 6. The summed E-state index contributed by atoms with van der Waals surface area (Å²) in [5.41, 5.74) is 6.16. The summed E-state index contributed by atoms with van der Waals surface area (Å²) in [6, 6.07) is 0. The first-order valence-corrected chi connectivity index (χ1v) is 7.98. The smallest absolute Gasteiger partial charge is 0.232 e. The normalized spacial score (nSPS) is 20.1. The first kappa shape index (κ1) is 16.4. The van der Waals surface area contributed by atoms with Crippen LogP contribution in [0.25, 0.3) is 0 Å². The molecule has 0 aliphatic carbocycles. The van der Waals surface area contributed by atoms with E-state index in [4.69, 9.17) is 18.0 Å². The molecule has 0 bridgehead atoms. The highest BCUT2D eigenvalue weighted by molar-refractivity contribution is 7.80. The van der Waals surface area contributed by atoms with Crippen LogP contribution >= 0.6 is 12.2 Å². The fourth-order valence-corrected chi connectivity index (χ4v) is 3.27. The number of nitrogens with two attached hydrogens (primary N) is 1. The summed E-state index contributed by atoms with van der Waals surface area (Å²) in [6.07, 6.45) is 6.36. The molecular weight excluding hydrogens is 256 g/mol. The van der Waals surface area contributed by atoms with Crippen LogP contribution in [0, 0.1) is 11.3 Å². The molecule has 4 heteroatoms. The first-order chi connectivity index (χ1) is 8.99. The Morgan fingerprint density at radius 1 is 1.26 bits per heavy atom. The number of piperidine rings is 1. The van der Waals surface area contributed by atoms with E-state index in [2.05, 4.69) is 20.8 Å². The topological polar surface area (TPSA) is 46.3 Å². The summed E-state index contributed by atoms with van der Waals surface area (Å²) in [7, 11) is 0. The monoisotopic (exact) mass is 284 g/mol. The molecule has 1 rings (SSSR count). The summed E-state index contributed by atoms with van der Waals surface area (Å²) in [5.74, 6) is -0.106. The Balaban J connectivity index is 2.63. The highest BCUT2D eigenvalue weighted by atomic mass is 32.1. The molecule has 1 fully saturated rings. The lowest BCUT2D eigenvalue weighted by Crippen LogP contribution is -2.47. The van der Waals surface area contributed by atoms with Gasteiger partial charge in [-0.2, -0.15) is 0 Å². The molecule has 1 amide bonds. The Morgan fingerprint density at radius 3 is 2.16 bits per heavy atom. The number of carbonyl (C=O) groups excluding carboxylic acids is 1. The number of nitrogens with zero attached hydrogens (tertiary/aromatic N) is 1. The van der Waals surface area contributed by atoms with Crippen molar-refractivity contribution in [3.05, 3.63) is 0 Å². The van der Waals surface area contributed by atoms with Crippen LogP contribution in [0.15, 0.2) is 0 Å². The Hall–Kier alpha value is -0.640. The predicted octanol–water partition coefficient (Wildman–Crippen LogP) is 3.12. The molecule has 0 saturated carbocycles. The van der Waals surface area contributed by atoms with Crippen molar-refractivity contribution in [2.45, 2.75) is 59.3 Å². The molecular formula is C15H28N2OS. The third kappa shape index (κ3) is 3.91. The zero-order chi connectivity index (χ0) is 14.5. The molecule has 0 radical (unpaired) electrons. The molecule has 1 aliphatic heterocycles. The molecule has 0 aromatic carbocycles. The third-order valence-corrected chi connectivity index (χ3v) is 5.14.